The molecule has 6 nitrogen and oxygen atoms in total. The standard InChI is InChI=1S/C26H27N5O/c1-18-13-21(30-25-10-4-5-11-27-25)15-24(29-18)19-7-6-12-31(17-19)26(32)14-20-16-28-23-9-3-2-8-22(20)23/h2-5,8-11,13,15-16,19,28H,6-7,12,14,17H2,1H3,(H,27,29,30)/t19-/m0/s1. The van der Waals surface area contributed by atoms with Crippen molar-refractivity contribution in [3.05, 3.63) is 83.9 Å². The predicted molar refractivity (Wildman–Crippen MR) is 127 cm³/mol. The van der Waals surface area contributed by atoms with Gasteiger partial charge in [0.25, 0.3) is 0 Å². The highest BCUT2D eigenvalue weighted by Crippen LogP contribution is 2.29. The van der Waals surface area contributed by atoms with Gasteiger partial charge in [-0.05, 0) is 55.7 Å². The number of rotatable bonds is 5. The number of hydrogen-bond acceptors (Lipinski definition) is 4. The van der Waals surface area contributed by atoms with Gasteiger partial charge in [-0.25, -0.2) is 4.98 Å². The lowest BCUT2D eigenvalue weighted by molar-refractivity contribution is -0.131. The summed E-state index contributed by atoms with van der Waals surface area (Å²) < 4.78 is 0. The highest BCUT2D eigenvalue weighted by Gasteiger charge is 2.26. The summed E-state index contributed by atoms with van der Waals surface area (Å²) in [6.45, 7) is 3.53. The van der Waals surface area contributed by atoms with Crippen LogP contribution in [0.4, 0.5) is 11.5 Å². The number of benzene rings is 1. The number of carbonyl (C=O) groups excluding carboxylic acids is 1. The Labute approximate surface area is 187 Å². The van der Waals surface area contributed by atoms with E-state index >= 15 is 0 Å². The largest absolute Gasteiger partial charge is 0.361 e. The zero-order valence-electron chi connectivity index (χ0n) is 18.2. The molecule has 0 unspecified atom stereocenters. The van der Waals surface area contributed by atoms with Gasteiger partial charge in [-0.3, -0.25) is 9.78 Å². The molecular formula is C26H27N5O. The predicted octanol–water partition coefficient (Wildman–Crippen LogP) is 4.96. The highest BCUT2D eigenvalue weighted by atomic mass is 16.2. The number of hydrogen-bond donors (Lipinski definition) is 2. The number of aromatic amines is 1. The summed E-state index contributed by atoms with van der Waals surface area (Å²) in [6.07, 6.45) is 6.18. The molecule has 1 fully saturated rings. The Bertz CT molecular complexity index is 1230. The second kappa shape index (κ2) is 8.83. The van der Waals surface area contributed by atoms with Crippen molar-refractivity contribution in [3.8, 4) is 0 Å². The van der Waals surface area contributed by atoms with E-state index in [2.05, 4.69) is 27.4 Å². The zero-order chi connectivity index (χ0) is 21.9. The molecule has 2 N–H and O–H groups in total. The van der Waals surface area contributed by atoms with Crippen LogP contribution in [-0.2, 0) is 11.2 Å². The molecule has 0 aliphatic carbocycles. The first kappa shape index (κ1) is 20.2. The number of nitrogens with one attached hydrogen (secondary N) is 2. The third kappa shape index (κ3) is 4.35. The summed E-state index contributed by atoms with van der Waals surface area (Å²) in [6, 6.07) is 18.1. The number of pyridine rings is 2. The van der Waals surface area contributed by atoms with Gasteiger partial charge in [-0.2, -0.15) is 0 Å². The van der Waals surface area contributed by atoms with Gasteiger partial charge in [0.15, 0.2) is 0 Å². The third-order valence-corrected chi connectivity index (χ3v) is 6.12. The monoisotopic (exact) mass is 425 g/mol. The maximum Gasteiger partial charge on any atom is 0.227 e. The Kier molecular flexibility index (Phi) is 5.58. The molecular weight excluding hydrogens is 398 g/mol. The molecule has 162 valence electrons. The Morgan fingerprint density at radius 3 is 2.94 bits per heavy atom. The van der Waals surface area contributed by atoms with Crippen molar-refractivity contribution in [2.75, 3.05) is 18.4 Å². The van der Waals surface area contributed by atoms with Gasteiger partial charge in [-0.15, -0.1) is 0 Å². The molecule has 1 aliphatic rings. The molecule has 6 heteroatoms. The fourth-order valence-electron chi connectivity index (χ4n) is 4.56. The molecule has 0 spiro atoms. The van der Waals surface area contributed by atoms with Gasteiger partial charge < -0.3 is 15.2 Å². The number of piperidine rings is 1. The summed E-state index contributed by atoms with van der Waals surface area (Å²) in [4.78, 5) is 27.6. The molecule has 3 aromatic heterocycles. The number of likely N-dealkylation sites (tertiary alicyclic amines) is 1. The fourth-order valence-corrected chi connectivity index (χ4v) is 4.56. The Balaban J connectivity index is 1.31. The van der Waals surface area contributed by atoms with Gasteiger partial charge in [0, 0.05) is 59.4 Å². The molecule has 1 aromatic carbocycles. The second-order valence-electron chi connectivity index (χ2n) is 8.48. The number of nitrogens with zero attached hydrogens (tertiary/aromatic N) is 3. The van der Waals surface area contributed by atoms with Crippen LogP contribution in [0.2, 0.25) is 0 Å². The Hall–Kier alpha value is -3.67. The first-order chi connectivity index (χ1) is 15.7. The minimum absolute atomic E-state index is 0.180. The average molecular weight is 426 g/mol. The highest BCUT2D eigenvalue weighted by molar-refractivity contribution is 5.89. The van der Waals surface area contributed by atoms with E-state index < -0.39 is 0 Å². The number of para-hydroxylation sites is 1. The van der Waals surface area contributed by atoms with Crippen molar-refractivity contribution in [3.63, 3.8) is 0 Å². The average Bonchev–Trinajstić information content (AvgIpc) is 3.22. The van der Waals surface area contributed by atoms with E-state index in [9.17, 15) is 4.79 Å². The molecule has 4 heterocycles. The maximum absolute atomic E-state index is 13.1. The van der Waals surface area contributed by atoms with E-state index in [1.807, 2.05) is 60.5 Å². The van der Waals surface area contributed by atoms with E-state index in [1.165, 1.54) is 0 Å². The fraction of sp³-hybridized carbons (Fsp3) is 0.269. The molecule has 5 rings (SSSR count). The van der Waals surface area contributed by atoms with Gasteiger partial charge in [-0.1, -0.05) is 24.3 Å². The number of aromatic nitrogens is 3. The molecule has 32 heavy (non-hydrogen) atoms. The van der Waals surface area contributed by atoms with E-state index in [4.69, 9.17) is 4.98 Å². The third-order valence-electron chi connectivity index (χ3n) is 6.12. The van der Waals surface area contributed by atoms with Gasteiger partial charge in [0.05, 0.1) is 6.42 Å². The van der Waals surface area contributed by atoms with Crippen molar-refractivity contribution in [1.29, 1.82) is 0 Å². The van der Waals surface area contributed by atoms with Crippen LogP contribution < -0.4 is 5.32 Å². The van der Waals surface area contributed by atoms with Gasteiger partial charge in [0.1, 0.15) is 5.82 Å². The number of fused-ring (bicyclic) bond motifs is 1. The minimum Gasteiger partial charge on any atom is -0.361 e. The van der Waals surface area contributed by atoms with Crippen molar-refractivity contribution in [2.24, 2.45) is 0 Å². The number of aryl methyl sites for hydroxylation is 1. The Morgan fingerprint density at radius 1 is 1.19 bits per heavy atom. The minimum atomic E-state index is 0.180. The lowest BCUT2D eigenvalue weighted by atomic mass is 9.93. The summed E-state index contributed by atoms with van der Waals surface area (Å²) in [5.41, 5.74) is 5.11. The summed E-state index contributed by atoms with van der Waals surface area (Å²) in [7, 11) is 0. The number of amides is 1. The van der Waals surface area contributed by atoms with Crippen LogP contribution in [0.1, 0.15) is 35.7 Å². The molecule has 0 radical (unpaired) electrons. The van der Waals surface area contributed by atoms with Crippen molar-refractivity contribution < 1.29 is 4.79 Å². The Morgan fingerprint density at radius 2 is 2.06 bits per heavy atom. The summed E-state index contributed by atoms with van der Waals surface area (Å²) >= 11 is 0. The van der Waals surface area contributed by atoms with Crippen LogP contribution in [0.3, 0.4) is 0 Å². The van der Waals surface area contributed by atoms with Crippen LogP contribution in [-0.4, -0.2) is 38.8 Å². The van der Waals surface area contributed by atoms with Crippen LogP contribution >= 0.6 is 0 Å². The van der Waals surface area contributed by atoms with E-state index in [1.54, 1.807) is 6.20 Å². The van der Waals surface area contributed by atoms with Crippen molar-refractivity contribution in [1.82, 2.24) is 19.9 Å². The SMILES string of the molecule is Cc1cc(Nc2ccccn2)cc([C@H]2CCCN(C(=O)Cc3c[nH]c4ccccc34)C2)n1. The quantitative estimate of drug-likeness (QED) is 0.474. The molecule has 1 atom stereocenters. The first-order valence-corrected chi connectivity index (χ1v) is 11.1. The zero-order valence-corrected chi connectivity index (χ0v) is 18.2. The number of anilines is 2. The van der Waals surface area contributed by atoms with Gasteiger partial charge >= 0.3 is 0 Å². The van der Waals surface area contributed by atoms with Crippen LogP contribution in [0.15, 0.2) is 67.0 Å². The molecule has 0 saturated carbocycles. The second-order valence-corrected chi connectivity index (χ2v) is 8.48. The van der Waals surface area contributed by atoms with Crippen molar-refractivity contribution >= 4 is 28.3 Å². The molecule has 4 aromatic rings. The number of H-pyrrole nitrogens is 1. The van der Waals surface area contributed by atoms with E-state index in [0.29, 0.717) is 13.0 Å². The number of carbonyl (C=O) groups is 1. The molecule has 1 amide bonds. The topological polar surface area (TPSA) is 73.9 Å². The first-order valence-electron chi connectivity index (χ1n) is 11.1. The van der Waals surface area contributed by atoms with Gasteiger partial charge in [0.2, 0.25) is 5.91 Å². The van der Waals surface area contributed by atoms with Crippen LogP contribution in [0.25, 0.3) is 10.9 Å². The maximum atomic E-state index is 13.1. The summed E-state index contributed by atoms with van der Waals surface area (Å²) in [5.74, 6) is 1.22. The normalized spacial score (nSPS) is 16.3. The molecule has 1 aliphatic heterocycles. The van der Waals surface area contributed by atoms with E-state index in [-0.39, 0.29) is 11.8 Å². The van der Waals surface area contributed by atoms with Crippen molar-refractivity contribution in [2.45, 2.75) is 32.1 Å². The lowest BCUT2D eigenvalue weighted by Gasteiger charge is -2.33. The lowest BCUT2D eigenvalue weighted by Crippen LogP contribution is -2.40. The molecule has 0 bridgehead atoms. The summed E-state index contributed by atoms with van der Waals surface area (Å²) in [5, 5.41) is 4.49. The van der Waals surface area contributed by atoms with E-state index in [0.717, 1.165) is 58.7 Å². The van der Waals surface area contributed by atoms with Crippen LogP contribution in [0.5, 0.6) is 0 Å². The molecule has 1 saturated heterocycles. The smallest absolute Gasteiger partial charge is 0.227 e. The van der Waals surface area contributed by atoms with Crippen LogP contribution in [0, 0.1) is 6.92 Å².